The van der Waals surface area contributed by atoms with Crippen LogP contribution in [0.15, 0.2) is 126 Å². The molecular weight excluding hydrogens is 717 g/mol. The Morgan fingerprint density at radius 2 is 0.836 bits per heavy atom. The predicted molar refractivity (Wildman–Crippen MR) is 213 cm³/mol. The van der Waals surface area contributed by atoms with Gasteiger partial charge in [-0.3, -0.25) is 0 Å². The average molecular weight is 767 g/mol. The topological polar surface area (TPSA) is 83.1 Å². The zero-order chi connectivity index (χ0) is 38.4. The van der Waals surface area contributed by atoms with Crippen LogP contribution in [0.25, 0.3) is 0 Å². The summed E-state index contributed by atoms with van der Waals surface area (Å²) < 4.78 is 55.6. The molecular formula is C45H50O9S. The molecule has 1 saturated heterocycles. The van der Waals surface area contributed by atoms with Crippen LogP contribution in [0.5, 0.6) is 23.0 Å². The number of methoxy groups -OCH3 is 4. The maximum atomic E-state index is 7.01. The first kappa shape index (κ1) is 40.1. The molecule has 1 fully saturated rings. The molecule has 0 amide bonds. The van der Waals surface area contributed by atoms with Crippen LogP contribution in [-0.2, 0) is 50.1 Å². The fourth-order valence-electron chi connectivity index (χ4n) is 6.18. The monoisotopic (exact) mass is 766 g/mol. The molecule has 0 bridgehead atoms. The Balaban J connectivity index is 1.33. The quantitative estimate of drug-likeness (QED) is 0.0814. The van der Waals surface area contributed by atoms with Crippen molar-refractivity contribution in [1.82, 2.24) is 0 Å². The van der Waals surface area contributed by atoms with E-state index < -0.39 is 29.9 Å². The second-order valence-electron chi connectivity index (χ2n) is 13.2. The molecule has 1 heterocycles. The van der Waals surface area contributed by atoms with E-state index >= 15 is 0 Å². The molecule has 9 nitrogen and oxygen atoms in total. The van der Waals surface area contributed by atoms with Crippen molar-refractivity contribution in [2.75, 3.05) is 35.0 Å². The predicted octanol–water partition coefficient (Wildman–Crippen LogP) is 8.82. The van der Waals surface area contributed by atoms with E-state index in [2.05, 4.69) is 31.2 Å². The molecule has 5 aromatic rings. The van der Waals surface area contributed by atoms with Gasteiger partial charge < -0.3 is 42.6 Å². The number of thioether (sulfide) groups is 1. The van der Waals surface area contributed by atoms with Crippen LogP contribution >= 0.6 is 11.8 Å². The lowest BCUT2D eigenvalue weighted by Gasteiger charge is -2.46. The zero-order valence-electron chi connectivity index (χ0n) is 32.1. The van der Waals surface area contributed by atoms with Crippen molar-refractivity contribution in [2.45, 2.75) is 68.1 Å². The van der Waals surface area contributed by atoms with Gasteiger partial charge in [0.2, 0.25) is 0 Å². The van der Waals surface area contributed by atoms with Gasteiger partial charge in [-0.2, -0.15) is 0 Å². The number of ether oxygens (including phenoxy) is 9. The molecule has 6 rings (SSSR count). The van der Waals surface area contributed by atoms with Crippen molar-refractivity contribution >= 4 is 11.8 Å². The molecule has 55 heavy (non-hydrogen) atoms. The molecule has 0 spiro atoms. The molecule has 0 aliphatic carbocycles. The van der Waals surface area contributed by atoms with Gasteiger partial charge in [0.1, 0.15) is 52.8 Å². The highest BCUT2D eigenvalue weighted by Gasteiger charge is 2.49. The molecule has 0 radical (unpaired) electrons. The minimum absolute atomic E-state index is 0.262. The Morgan fingerprint density at radius 1 is 0.455 bits per heavy atom. The zero-order valence-corrected chi connectivity index (χ0v) is 32.9. The van der Waals surface area contributed by atoms with Crippen molar-refractivity contribution in [1.29, 1.82) is 0 Å². The standard InChI is InChI=1S/C45H50O9S/c1-31-6-24-40(25-7-31)55-45-44(53-29-35-14-22-39(49-5)23-15-35)43(52-28-34-12-20-38(48-4)21-13-34)42(51-27-33-10-18-37(47-3)19-11-33)41(54-45)30-50-26-32-8-16-36(46-2)17-9-32/h6-25,41-45H,26-30H2,1-5H3/t41-,42-,43+,44-,45+/m1/s1. The number of rotatable bonds is 19. The Bertz CT molecular complexity index is 1850. The number of aryl methyl sites for hydroxylation is 1. The lowest BCUT2D eigenvalue weighted by atomic mass is 9.98. The van der Waals surface area contributed by atoms with Crippen molar-refractivity contribution in [3.05, 3.63) is 149 Å². The number of hydrogen-bond acceptors (Lipinski definition) is 10. The second-order valence-corrected chi connectivity index (χ2v) is 14.4. The summed E-state index contributed by atoms with van der Waals surface area (Å²) in [6.07, 6.45) is -2.15. The first-order valence-electron chi connectivity index (χ1n) is 18.3. The van der Waals surface area contributed by atoms with E-state index in [-0.39, 0.29) is 6.61 Å². The number of hydrogen-bond donors (Lipinski definition) is 0. The highest BCUT2D eigenvalue weighted by molar-refractivity contribution is 7.99. The summed E-state index contributed by atoms with van der Waals surface area (Å²) in [6.45, 7) is 3.69. The van der Waals surface area contributed by atoms with Gasteiger partial charge >= 0.3 is 0 Å². The molecule has 290 valence electrons. The van der Waals surface area contributed by atoms with E-state index in [1.807, 2.05) is 97.1 Å². The minimum Gasteiger partial charge on any atom is -0.497 e. The van der Waals surface area contributed by atoms with Gasteiger partial charge in [-0.05, 0) is 89.8 Å². The van der Waals surface area contributed by atoms with Crippen LogP contribution in [0.2, 0.25) is 0 Å². The van der Waals surface area contributed by atoms with Gasteiger partial charge in [-0.1, -0.05) is 78.0 Å². The largest absolute Gasteiger partial charge is 0.497 e. The Morgan fingerprint density at radius 3 is 1.25 bits per heavy atom. The molecule has 5 aromatic carbocycles. The van der Waals surface area contributed by atoms with Crippen LogP contribution in [0.4, 0.5) is 0 Å². The van der Waals surface area contributed by atoms with Crippen molar-refractivity contribution < 1.29 is 42.6 Å². The first-order chi connectivity index (χ1) is 26.9. The molecule has 0 saturated carbocycles. The first-order valence-corrected chi connectivity index (χ1v) is 19.2. The van der Waals surface area contributed by atoms with E-state index in [9.17, 15) is 0 Å². The molecule has 0 aromatic heterocycles. The maximum absolute atomic E-state index is 7.01. The molecule has 1 aliphatic heterocycles. The molecule has 1 aliphatic rings. The van der Waals surface area contributed by atoms with Crippen molar-refractivity contribution in [2.24, 2.45) is 0 Å². The Hall–Kier alpha value is -4.55. The highest BCUT2D eigenvalue weighted by Crippen LogP contribution is 2.39. The van der Waals surface area contributed by atoms with Gasteiger partial charge in [-0.25, -0.2) is 0 Å². The van der Waals surface area contributed by atoms with Crippen molar-refractivity contribution in [3.8, 4) is 23.0 Å². The summed E-state index contributed by atoms with van der Waals surface area (Å²) in [6, 6.07) is 39.9. The summed E-state index contributed by atoms with van der Waals surface area (Å²) in [5.41, 5.74) is 4.71. The van der Waals surface area contributed by atoms with E-state index in [4.69, 9.17) is 42.6 Å². The SMILES string of the molecule is COc1ccc(COC[C@H]2O[C@@H](Sc3ccc(C)cc3)[C@H](OCc3ccc(OC)cc3)[C@@H](OCc3ccc(OC)cc3)[C@@H]2OCc2ccc(OC)cc2)cc1. The molecule has 0 N–H and O–H groups in total. The fourth-order valence-corrected chi connectivity index (χ4v) is 7.31. The van der Waals surface area contributed by atoms with Crippen LogP contribution < -0.4 is 18.9 Å². The summed E-state index contributed by atoms with van der Waals surface area (Å²) >= 11 is 1.61. The normalized spacial score (nSPS) is 19.5. The lowest BCUT2D eigenvalue weighted by molar-refractivity contribution is -0.254. The van der Waals surface area contributed by atoms with Gasteiger partial charge in [0.05, 0.1) is 61.5 Å². The molecule has 0 unspecified atom stereocenters. The minimum atomic E-state index is -0.563. The highest BCUT2D eigenvalue weighted by atomic mass is 32.2. The Kier molecular flexibility index (Phi) is 14.9. The van der Waals surface area contributed by atoms with Crippen LogP contribution in [0.1, 0.15) is 27.8 Å². The van der Waals surface area contributed by atoms with E-state index in [1.165, 1.54) is 5.56 Å². The van der Waals surface area contributed by atoms with Gasteiger partial charge in [0, 0.05) is 4.90 Å². The van der Waals surface area contributed by atoms with Crippen molar-refractivity contribution in [3.63, 3.8) is 0 Å². The molecule has 10 heteroatoms. The summed E-state index contributed by atoms with van der Waals surface area (Å²) in [5.74, 6) is 3.13. The van der Waals surface area contributed by atoms with E-state index in [0.29, 0.717) is 26.4 Å². The smallest absolute Gasteiger partial charge is 0.137 e. The molecule has 5 atom stereocenters. The summed E-state index contributed by atoms with van der Waals surface area (Å²) in [7, 11) is 6.63. The van der Waals surface area contributed by atoms with Crippen LogP contribution in [0, 0.1) is 6.92 Å². The van der Waals surface area contributed by atoms with Gasteiger partial charge in [0.15, 0.2) is 0 Å². The number of benzene rings is 5. The lowest BCUT2D eigenvalue weighted by Crippen LogP contribution is -2.60. The third-order valence-corrected chi connectivity index (χ3v) is 10.5. The third-order valence-electron chi connectivity index (χ3n) is 9.38. The van der Waals surface area contributed by atoms with Gasteiger partial charge in [0.25, 0.3) is 0 Å². The summed E-state index contributed by atoms with van der Waals surface area (Å²) in [4.78, 5) is 1.05. The average Bonchev–Trinajstić information content (AvgIpc) is 3.23. The fraction of sp³-hybridized carbons (Fsp3) is 0.333. The van der Waals surface area contributed by atoms with Crippen LogP contribution in [-0.4, -0.2) is 64.9 Å². The Labute approximate surface area is 328 Å². The second kappa shape index (κ2) is 20.4. The third kappa shape index (κ3) is 11.5. The summed E-state index contributed by atoms with van der Waals surface area (Å²) in [5, 5.41) is 0. The van der Waals surface area contributed by atoms with Crippen LogP contribution in [0.3, 0.4) is 0 Å². The van der Waals surface area contributed by atoms with E-state index in [0.717, 1.165) is 50.1 Å². The van der Waals surface area contributed by atoms with Gasteiger partial charge in [-0.15, -0.1) is 0 Å². The van der Waals surface area contributed by atoms with E-state index in [1.54, 1.807) is 40.2 Å². The maximum Gasteiger partial charge on any atom is 0.137 e.